The van der Waals surface area contributed by atoms with Crippen molar-refractivity contribution in [2.45, 2.75) is 0 Å². The zero-order valence-corrected chi connectivity index (χ0v) is 12.4. The fourth-order valence-corrected chi connectivity index (χ4v) is 2.33. The molecule has 21 heavy (non-hydrogen) atoms. The van der Waals surface area contributed by atoms with Crippen LogP contribution >= 0.6 is 22.6 Å². The lowest BCUT2D eigenvalue weighted by atomic mass is 10.2. The van der Waals surface area contributed by atoms with Crippen molar-refractivity contribution in [2.24, 2.45) is 0 Å². The second-order valence-electron chi connectivity index (χ2n) is 4.00. The van der Waals surface area contributed by atoms with Gasteiger partial charge >= 0.3 is 5.69 Å². The van der Waals surface area contributed by atoms with E-state index in [-0.39, 0.29) is 11.3 Å². The number of rotatable bonds is 3. The van der Waals surface area contributed by atoms with Crippen LogP contribution in [0.3, 0.4) is 0 Å². The molecule has 2 aromatic rings. The molecular weight excluding hydrogens is 397 g/mol. The van der Waals surface area contributed by atoms with Crippen LogP contribution in [-0.2, 0) is 0 Å². The van der Waals surface area contributed by atoms with Gasteiger partial charge in [-0.3, -0.25) is 14.9 Å². The summed E-state index contributed by atoms with van der Waals surface area (Å²) >= 11 is 1.80. The van der Waals surface area contributed by atoms with Crippen molar-refractivity contribution in [3.63, 3.8) is 0 Å². The van der Waals surface area contributed by atoms with E-state index in [1.807, 2.05) is 0 Å². The third-order valence-corrected chi connectivity index (χ3v) is 3.47. The average Bonchev–Trinajstić information content (AvgIpc) is 2.37. The number of amides is 1. The first kappa shape index (κ1) is 15.3. The molecule has 0 saturated heterocycles. The predicted molar refractivity (Wildman–Crippen MR) is 80.1 cm³/mol. The summed E-state index contributed by atoms with van der Waals surface area (Å²) < 4.78 is 26.8. The monoisotopic (exact) mass is 404 g/mol. The van der Waals surface area contributed by atoms with E-state index in [1.165, 1.54) is 18.2 Å². The van der Waals surface area contributed by atoms with Gasteiger partial charge in [-0.2, -0.15) is 4.39 Å². The Hall–Kier alpha value is -2.10. The zero-order valence-electron chi connectivity index (χ0n) is 10.3. The molecule has 0 aromatic heterocycles. The molecule has 5 nitrogen and oxygen atoms in total. The highest BCUT2D eigenvalue weighted by Gasteiger charge is 2.16. The van der Waals surface area contributed by atoms with Gasteiger partial charge in [0.15, 0.2) is 0 Å². The Morgan fingerprint density at radius 3 is 2.48 bits per heavy atom. The Balaban J connectivity index is 2.23. The molecule has 108 valence electrons. The number of hydrogen-bond acceptors (Lipinski definition) is 3. The van der Waals surface area contributed by atoms with Crippen LogP contribution in [0.2, 0.25) is 0 Å². The topological polar surface area (TPSA) is 72.2 Å². The predicted octanol–water partition coefficient (Wildman–Crippen LogP) is 3.73. The van der Waals surface area contributed by atoms with Gasteiger partial charge in [0.1, 0.15) is 5.82 Å². The molecule has 0 aliphatic rings. The largest absolute Gasteiger partial charge is 0.322 e. The van der Waals surface area contributed by atoms with Crippen molar-refractivity contribution < 1.29 is 18.5 Å². The van der Waals surface area contributed by atoms with Crippen molar-refractivity contribution in [1.82, 2.24) is 0 Å². The molecule has 0 bridgehead atoms. The van der Waals surface area contributed by atoms with Crippen LogP contribution < -0.4 is 5.32 Å². The molecule has 0 aliphatic heterocycles. The molecule has 8 heteroatoms. The third kappa shape index (κ3) is 3.51. The number of nitro groups is 1. The van der Waals surface area contributed by atoms with Crippen LogP contribution in [0.1, 0.15) is 10.4 Å². The molecule has 0 saturated carbocycles. The fourth-order valence-electron chi connectivity index (χ4n) is 1.60. The second kappa shape index (κ2) is 6.12. The normalized spacial score (nSPS) is 10.2. The van der Waals surface area contributed by atoms with Crippen molar-refractivity contribution in [3.05, 3.63) is 67.3 Å². The van der Waals surface area contributed by atoms with Gasteiger partial charge in [0.25, 0.3) is 5.91 Å². The maximum Gasteiger partial charge on any atom is 0.304 e. The van der Waals surface area contributed by atoms with E-state index in [0.717, 1.165) is 18.2 Å². The first-order valence-corrected chi connectivity index (χ1v) is 6.66. The Morgan fingerprint density at radius 2 is 1.90 bits per heavy atom. The quantitative estimate of drug-likeness (QED) is 0.482. The summed E-state index contributed by atoms with van der Waals surface area (Å²) in [5.41, 5.74) is -0.386. The summed E-state index contributed by atoms with van der Waals surface area (Å²) in [6.45, 7) is 0. The number of nitro benzene ring substituents is 1. The smallest absolute Gasteiger partial charge is 0.304 e. The Morgan fingerprint density at radius 1 is 1.19 bits per heavy atom. The Kier molecular flexibility index (Phi) is 4.46. The highest BCUT2D eigenvalue weighted by Crippen LogP contribution is 2.22. The highest BCUT2D eigenvalue weighted by atomic mass is 127. The first-order valence-electron chi connectivity index (χ1n) is 5.59. The lowest BCUT2D eigenvalue weighted by molar-refractivity contribution is -0.387. The van der Waals surface area contributed by atoms with E-state index in [2.05, 4.69) is 5.32 Å². The van der Waals surface area contributed by atoms with Gasteiger partial charge in [-0.1, -0.05) is 0 Å². The average molecular weight is 404 g/mol. The molecule has 0 spiro atoms. The molecular formula is C13H7F2IN2O3. The number of halogens is 3. The molecule has 0 heterocycles. The minimum atomic E-state index is -1.05. The number of benzene rings is 2. The molecule has 0 unspecified atom stereocenters. The minimum Gasteiger partial charge on any atom is -0.322 e. The highest BCUT2D eigenvalue weighted by molar-refractivity contribution is 14.1. The molecule has 2 rings (SSSR count). The molecule has 0 atom stereocenters. The summed E-state index contributed by atoms with van der Waals surface area (Å²) in [5.74, 6) is -2.09. The molecule has 0 aliphatic carbocycles. The number of nitrogens with zero attached hydrogens (tertiary/aromatic N) is 1. The van der Waals surface area contributed by atoms with E-state index in [9.17, 15) is 23.7 Å². The first-order chi connectivity index (χ1) is 9.88. The molecule has 0 fully saturated rings. The lowest BCUT2D eigenvalue weighted by Crippen LogP contribution is -2.13. The summed E-state index contributed by atoms with van der Waals surface area (Å²) in [4.78, 5) is 21.6. The van der Waals surface area contributed by atoms with Gasteiger partial charge in [0.05, 0.1) is 10.5 Å². The van der Waals surface area contributed by atoms with E-state index in [4.69, 9.17) is 0 Å². The zero-order chi connectivity index (χ0) is 15.6. The van der Waals surface area contributed by atoms with Crippen LogP contribution in [0.4, 0.5) is 20.2 Å². The minimum absolute atomic E-state index is 0.0724. The maximum atomic E-state index is 13.4. The van der Waals surface area contributed by atoms with E-state index in [0.29, 0.717) is 3.57 Å². The molecule has 1 N–H and O–H groups in total. The molecule has 0 radical (unpaired) electrons. The van der Waals surface area contributed by atoms with Crippen LogP contribution in [0.15, 0.2) is 36.4 Å². The van der Waals surface area contributed by atoms with Crippen LogP contribution in [0, 0.1) is 25.3 Å². The molecule has 2 aromatic carbocycles. The van der Waals surface area contributed by atoms with Crippen LogP contribution in [0.25, 0.3) is 0 Å². The van der Waals surface area contributed by atoms with Crippen LogP contribution in [-0.4, -0.2) is 10.8 Å². The van der Waals surface area contributed by atoms with E-state index in [1.54, 1.807) is 22.6 Å². The maximum absolute atomic E-state index is 13.4. The second-order valence-corrected chi connectivity index (χ2v) is 5.16. The van der Waals surface area contributed by atoms with Crippen molar-refractivity contribution in [1.29, 1.82) is 0 Å². The lowest BCUT2D eigenvalue weighted by Gasteiger charge is -2.07. The van der Waals surface area contributed by atoms with Gasteiger partial charge in [0.2, 0.25) is 5.82 Å². The summed E-state index contributed by atoms with van der Waals surface area (Å²) in [7, 11) is 0. The van der Waals surface area contributed by atoms with Gasteiger partial charge in [-0.25, -0.2) is 4.39 Å². The van der Waals surface area contributed by atoms with Gasteiger partial charge < -0.3 is 5.32 Å². The number of carbonyl (C=O) groups excluding carboxylic acids is 1. The summed E-state index contributed by atoms with van der Waals surface area (Å²) in [6, 6.07) is 6.65. The van der Waals surface area contributed by atoms with E-state index < -0.39 is 28.2 Å². The SMILES string of the molecule is O=C(Nc1ccc([N+](=O)[O-])c(F)c1)c1ccc(F)cc1I. The van der Waals surface area contributed by atoms with Crippen molar-refractivity contribution >= 4 is 39.9 Å². The third-order valence-electron chi connectivity index (χ3n) is 2.58. The number of nitrogens with one attached hydrogen (secondary N) is 1. The number of hydrogen-bond donors (Lipinski definition) is 1. The summed E-state index contributed by atoms with van der Waals surface area (Å²) in [5, 5.41) is 12.9. The molecule has 1 amide bonds. The fraction of sp³-hybridized carbons (Fsp3) is 0. The standard InChI is InChI=1S/C13H7F2IN2O3/c14-7-1-3-9(11(16)5-7)13(19)17-8-2-4-12(18(20)21)10(15)6-8/h1-6H,(H,17,19). The van der Waals surface area contributed by atoms with E-state index >= 15 is 0 Å². The van der Waals surface area contributed by atoms with Crippen molar-refractivity contribution in [3.8, 4) is 0 Å². The van der Waals surface area contributed by atoms with Gasteiger partial charge in [0, 0.05) is 21.4 Å². The van der Waals surface area contributed by atoms with Crippen LogP contribution in [0.5, 0.6) is 0 Å². The van der Waals surface area contributed by atoms with Crippen molar-refractivity contribution in [2.75, 3.05) is 5.32 Å². The number of anilines is 1. The Labute approximate surface area is 131 Å². The number of carbonyl (C=O) groups is 1. The van der Waals surface area contributed by atoms with Gasteiger partial charge in [-0.15, -0.1) is 0 Å². The van der Waals surface area contributed by atoms with Gasteiger partial charge in [-0.05, 0) is 46.9 Å². The Bertz CT molecular complexity index is 737. The summed E-state index contributed by atoms with van der Waals surface area (Å²) in [6.07, 6.45) is 0.